The van der Waals surface area contributed by atoms with Crippen LogP contribution in [0.5, 0.6) is 0 Å². The van der Waals surface area contributed by atoms with Gasteiger partial charge in [-0.15, -0.1) is 0 Å². The van der Waals surface area contributed by atoms with Gasteiger partial charge in [-0.3, -0.25) is 4.79 Å². The van der Waals surface area contributed by atoms with Crippen molar-refractivity contribution in [2.45, 2.75) is 5.92 Å². The van der Waals surface area contributed by atoms with E-state index >= 15 is 0 Å². The van der Waals surface area contributed by atoms with Crippen molar-refractivity contribution in [2.75, 3.05) is 5.32 Å². The normalized spacial score (nSPS) is 16.8. The summed E-state index contributed by atoms with van der Waals surface area (Å²) in [5, 5.41) is 12.1. The summed E-state index contributed by atoms with van der Waals surface area (Å²) >= 11 is 0. The summed E-state index contributed by atoms with van der Waals surface area (Å²) in [7, 11) is 0. The summed E-state index contributed by atoms with van der Waals surface area (Å²) in [5.41, 5.74) is 3.41. The number of benzene rings is 3. The molecular formula is C23H15FN2O. The molecule has 0 bridgehead atoms. The van der Waals surface area contributed by atoms with Crippen LogP contribution in [-0.4, -0.2) is 5.78 Å². The molecule has 0 aliphatic heterocycles. The zero-order valence-corrected chi connectivity index (χ0v) is 14.3. The Hall–Kier alpha value is -3.71. The molecule has 1 atom stereocenters. The summed E-state index contributed by atoms with van der Waals surface area (Å²) in [5.74, 6) is -1.16. The minimum Gasteiger partial charge on any atom is -0.361 e. The first-order chi connectivity index (χ1) is 13.2. The maximum atomic E-state index is 14.4. The Bertz CT molecular complexity index is 1100. The maximum absolute atomic E-state index is 14.4. The third-order valence-corrected chi connectivity index (χ3v) is 4.68. The molecule has 0 radical (unpaired) electrons. The zero-order chi connectivity index (χ0) is 18.8. The number of halogens is 1. The Kier molecular flexibility index (Phi) is 4.27. The van der Waals surface area contributed by atoms with Gasteiger partial charge >= 0.3 is 0 Å². The molecular weight excluding hydrogens is 339 g/mol. The van der Waals surface area contributed by atoms with Crippen molar-refractivity contribution in [2.24, 2.45) is 0 Å². The Morgan fingerprint density at radius 2 is 1.78 bits per heavy atom. The average Bonchev–Trinajstić information content (AvgIpc) is 3.00. The van der Waals surface area contributed by atoms with Gasteiger partial charge < -0.3 is 5.32 Å². The topological polar surface area (TPSA) is 52.9 Å². The molecule has 27 heavy (non-hydrogen) atoms. The highest BCUT2D eigenvalue weighted by molar-refractivity contribution is 6.15. The summed E-state index contributed by atoms with van der Waals surface area (Å²) < 4.78 is 14.4. The van der Waals surface area contributed by atoms with Crippen molar-refractivity contribution in [3.8, 4) is 6.07 Å². The van der Waals surface area contributed by atoms with E-state index in [2.05, 4.69) is 11.4 Å². The highest BCUT2D eigenvalue weighted by atomic mass is 19.1. The number of rotatable bonds is 3. The van der Waals surface area contributed by atoms with E-state index in [1.165, 1.54) is 6.07 Å². The number of anilines is 1. The van der Waals surface area contributed by atoms with Gasteiger partial charge in [0.15, 0.2) is 5.78 Å². The number of Topliss-reactive ketones (excluding diaryl/α,β-unsaturated/α-hetero) is 1. The maximum Gasteiger partial charge on any atom is 0.194 e. The molecule has 4 heteroatoms. The molecule has 3 aromatic rings. The fraction of sp³-hybridized carbons (Fsp3) is 0.0435. The zero-order valence-electron chi connectivity index (χ0n) is 14.3. The molecule has 3 nitrogen and oxygen atoms in total. The van der Waals surface area contributed by atoms with Crippen LogP contribution in [0.25, 0.3) is 0 Å². The number of carbonyl (C=O) groups is 1. The molecule has 0 unspecified atom stereocenters. The minimum absolute atomic E-state index is 0.130. The number of hydrogen-bond acceptors (Lipinski definition) is 3. The quantitative estimate of drug-likeness (QED) is 0.672. The number of allylic oxidation sites excluding steroid dienone is 1. The number of ketones is 1. The van der Waals surface area contributed by atoms with Gasteiger partial charge in [-0.2, -0.15) is 5.26 Å². The monoisotopic (exact) mass is 354 g/mol. The molecule has 0 spiro atoms. The molecule has 0 saturated heterocycles. The third-order valence-electron chi connectivity index (χ3n) is 4.68. The van der Waals surface area contributed by atoms with E-state index in [0.29, 0.717) is 22.4 Å². The van der Waals surface area contributed by atoms with E-state index in [9.17, 15) is 9.18 Å². The second kappa shape index (κ2) is 6.89. The minimum atomic E-state index is -0.506. The van der Waals surface area contributed by atoms with Crippen molar-refractivity contribution in [1.82, 2.24) is 0 Å². The summed E-state index contributed by atoms with van der Waals surface area (Å²) in [6.07, 6.45) is 1.62. The Labute approximate surface area is 156 Å². The number of carbonyl (C=O) groups excluding carboxylic acids is 1. The van der Waals surface area contributed by atoms with Crippen LogP contribution in [0.1, 0.15) is 33.0 Å². The van der Waals surface area contributed by atoms with Crippen LogP contribution >= 0.6 is 0 Å². The molecule has 0 aromatic heterocycles. The van der Waals surface area contributed by atoms with Crippen molar-refractivity contribution < 1.29 is 9.18 Å². The van der Waals surface area contributed by atoms with E-state index in [0.717, 1.165) is 5.56 Å². The summed E-state index contributed by atoms with van der Waals surface area (Å²) in [6.45, 7) is 0. The van der Waals surface area contributed by atoms with E-state index < -0.39 is 5.82 Å². The first-order valence-corrected chi connectivity index (χ1v) is 8.54. The van der Waals surface area contributed by atoms with Crippen LogP contribution in [0, 0.1) is 17.1 Å². The number of fused-ring (bicyclic) bond motifs is 1. The van der Waals surface area contributed by atoms with Crippen LogP contribution in [0.2, 0.25) is 0 Å². The third kappa shape index (κ3) is 3.00. The summed E-state index contributed by atoms with van der Waals surface area (Å²) in [4.78, 5) is 12.9. The molecule has 0 saturated carbocycles. The van der Waals surface area contributed by atoms with Gasteiger partial charge in [-0.05, 0) is 35.4 Å². The average molecular weight is 354 g/mol. The standard InChI is InChI=1S/C23H15FN2O/c24-20-11-5-10-18-21(16-7-2-1-3-8-16)19(23(27)22(18)20)14-26-17-9-4-6-15(12-17)13-25/h1-12,14,21,26H/b19-14+/t21-/m1/s1. The summed E-state index contributed by atoms with van der Waals surface area (Å²) in [6, 6.07) is 23.4. The molecule has 0 amide bonds. The van der Waals surface area contributed by atoms with Crippen LogP contribution < -0.4 is 5.32 Å². The van der Waals surface area contributed by atoms with Crippen molar-refractivity contribution in [1.29, 1.82) is 5.26 Å². The number of nitrogens with zero attached hydrogens (tertiary/aromatic N) is 1. The molecule has 0 fully saturated rings. The number of hydrogen-bond donors (Lipinski definition) is 1. The van der Waals surface area contributed by atoms with Gasteiger partial charge in [-0.1, -0.05) is 48.5 Å². The van der Waals surface area contributed by atoms with Crippen LogP contribution in [0.15, 0.2) is 84.6 Å². The Morgan fingerprint density at radius 3 is 2.56 bits per heavy atom. The van der Waals surface area contributed by atoms with Gasteiger partial charge in [0.05, 0.1) is 17.2 Å². The SMILES string of the molecule is N#Cc1cccc(N/C=C2/C(=O)c3c(F)cccc3[C@H]2c2ccccc2)c1. The van der Waals surface area contributed by atoms with Crippen LogP contribution in [0.3, 0.4) is 0 Å². The smallest absolute Gasteiger partial charge is 0.194 e. The highest BCUT2D eigenvalue weighted by Crippen LogP contribution is 2.42. The lowest BCUT2D eigenvalue weighted by Crippen LogP contribution is -2.05. The molecule has 4 rings (SSSR count). The largest absolute Gasteiger partial charge is 0.361 e. The van der Waals surface area contributed by atoms with Gasteiger partial charge in [0, 0.05) is 23.4 Å². The number of nitrogens with one attached hydrogen (secondary N) is 1. The molecule has 1 aliphatic rings. The lowest BCUT2D eigenvalue weighted by molar-refractivity contribution is 0.103. The first kappa shape index (κ1) is 16.7. The van der Waals surface area contributed by atoms with Gasteiger partial charge in [0.1, 0.15) is 5.82 Å². The highest BCUT2D eigenvalue weighted by Gasteiger charge is 2.37. The van der Waals surface area contributed by atoms with E-state index in [4.69, 9.17) is 5.26 Å². The second-order valence-corrected chi connectivity index (χ2v) is 6.31. The van der Waals surface area contributed by atoms with Crippen LogP contribution in [0.4, 0.5) is 10.1 Å². The lowest BCUT2D eigenvalue weighted by atomic mass is 9.90. The van der Waals surface area contributed by atoms with E-state index in [1.54, 1.807) is 36.5 Å². The predicted molar refractivity (Wildman–Crippen MR) is 102 cm³/mol. The number of nitriles is 1. The Balaban J connectivity index is 1.79. The molecule has 1 N–H and O–H groups in total. The first-order valence-electron chi connectivity index (χ1n) is 8.54. The second-order valence-electron chi connectivity index (χ2n) is 6.31. The molecule has 1 aliphatic carbocycles. The fourth-order valence-electron chi connectivity index (χ4n) is 3.46. The lowest BCUT2D eigenvalue weighted by Gasteiger charge is -2.14. The van der Waals surface area contributed by atoms with Crippen LogP contribution in [-0.2, 0) is 0 Å². The van der Waals surface area contributed by atoms with Crippen molar-refractivity contribution >= 4 is 11.5 Å². The predicted octanol–water partition coefficient (Wildman–Crippen LogP) is 5.02. The van der Waals surface area contributed by atoms with Crippen molar-refractivity contribution in [3.63, 3.8) is 0 Å². The van der Waals surface area contributed by atoms with Crippen molar-refractivity contribution in [3.05, 3.63) is 113 Å². The van der Waals surface area contributed by atoms with E-state index in [-0.39, 0.29) is 17.3 Å². The van der Waals surface area contributed by atoms with Gasteiger partial charge in [0.25, 0.3) is 0 Å². The molecule has 3 aromatic carbocycles. The fourth-order valence-corrected chi connectivity index (χ4v) is 3.46. The molecule has 0 heterocycles. The van der Waals surface area contributed by atoms with Gasteiger partial charge in [0.2, 0.25) is 0 Å². The van der Waals surface area contributed by atoms with E-state index in [1.807, 2.05) is 36.4 Å². The molecule has 130 valence electrons. The van der Waals surface area contributed by atoms with Gasteiger partial charge in [-0.25, -0.2) is 4.39 Å². The Morgan fingerprint density at radius 1 is 1.00 bits per heavy atom.